The third kappa shape index (κ3) is 19.0. The number of fused-ring (bicyclic) bond motifs is 1. The van der Waals surface area contributed by atoms with Crippen LogP contribution in [-0.4, -0.2) is 214 Å². The van der Waals surface area contributed by atoms with Gasteiger partial charge in [-0.3, -0.25) is 43.2 Å². The number of hydrogen-bond donors (Lipinski definition) is 8. The van der Waals surface area contributed by atoms with E-state index < -0.39 is 132 Å². The van der Waals surface area contributed by atoms with Crippen molar-refractivity contribution in [1.82, 2.24) is 49.5 Å². The Labute approximate surface area is 418 Å². The van der Waals surface area contributed by atoms with Crippen LogP contribution in [0.5, 0.6) is 0 Å². The number of carbonyl (C=O) groups is 9. The van der Waals surface area contributed by atoms with Gasteiger partial charge in [0.15, 0.2) is 0 Å². The average Bonchev–Trinajstić information content (AvgIpc) is 4.02. The maximum atomic E-state index is 13.9. The number of nitrogens with one attached hydrogen (secondary N) is 2. The van der Waals surface area contributed by atoms with Crippen LogP contribution >= 0.6 is 0 Å². The van der Waals surface area contributed by atoms with Crippen LogP contribution in [0.25, 0.3) is 10.9 Å². The summed E-state index contributed by atoms with van der Waals surface area (Å²) in [5.74, 6) is -6.73. The Bertz CT molecular complexity index is 2270. The first-order valence-corrected chi connectivity index (χ1v) is 23.5. The normalized spacial score (nSPS) is 11.1. The summed E-state index contributed by atoms with van der Waals surface area (Å²) in [6.45, 7) is 0.769. The van der Waals surface area contributed by atoms with Crippen molar-refractivity contribution >= 4 is 64.1 Å². The first-order chi connectivity index (χ1) is 34.2. The summed E-state index contributed by atoms with van der Waals surface area (Å²) < 4.78 is 5.46. The van der Waals surface area contributed by atoms with Crippen LogP contribution in [0, 0.1) is 11.8 Å². The van der Waals surface area contributed by atoms with E-state index in [1.165, 1.54) is 16.1 Å². The minimum absolute atomic E-state index is 0.0448. The van der Waals surface area contributed by atoms with Crippen LogP contribution in [0.2, 0.25) is 0 Å². The highest BCUT2D eigenvalue weighted by atomic mass is 16.4. The molecule has 0 spiro atoms. The minimum atomic E-state index is -1.31. The van der Waals surface area contributed by atoms with Crippen LogP contribution in [0.3, 0.4) is 0 Å². The van der Waals surface area contributed by atoms with Gasteiger partial charge >= 0.3 is 5.97 Å². The van der Waals surface area contributed by atoms with E-state index in [1.807, 2.05) is 30.5 Å². The number of carbonyl (C=O) groups excluding carboxylic acids is 8. The van der Waals surface area contributed by atoms with Crippen molar-refractivity contribution in [2.45, 2.75) is 40.7 Å². The van der Waals surface area contributed by atoms with Crippen LogP contribution in [0.1, 0.15) is 39.0 Å². The summed E-state index contributed by atoms with van der Waals surface area (Å²) in [4.78, 5) is 131. The summed E-state index contributed by atoms with van der Waals surface area (Å²) >= 11 is 0. The number of aliphatic carboxylic acids is 1. The molecule has 13 N–H and O–H groups in total. The zero-order valence-corrected chi connectivity index (χ0v) is 41.7. The van der Waals surface area contributed by atoms with Crippen molar-refractivity contribution in [3.8, 4) is 0 Å². The highest BCUT2D eigenvalue weighted by Crippen LogP contribution is 2.18. The van der Waals surface area contributed by atoms with Crippen molar-refractivity contribution in [3.63, 3.8) is 0 Å². The molecule has 0 saturated carbocycles. The summed E-state index contributed by atoms with van der Waals surface area (Å²) in [5.41, 5.74) is 31.2. The van der Waals surface area contributed by atoms with E-state index in [2.05, 4.69) is 10.3 Å². The molecule has 26 heteroatoms. The van der Waals surface area contributed by atoms with Gasteiger partial charge < -0.3 is 87.7 Å². The van der Waals surface area contributed by atoms with Crippen molar-refractivity contribution in [2.75, 3.05) is 112 Å². The van der Waals surface area contributed by atoms with E-state index in [-0.39, 0.29) is 44.7 Å². The fourth-order valence-electron chi connectivity index (χ4n) is 7.36. The van der Waals surface area contributed by atoms with Crippen molar-refractivity contribution in [3.05, 3.63) is 60.2 Å². The predicted molar refractivity (Wildman–Crippen MR) is 263 cm³/mol. The van der Waals surface area contributed by atoms with Gasteiger partial charge in [-0.25, -0.2) is 0 Å². The fourth-order valence-corrected chi connectivity index (χ4v) is 7.36. The second-order valence-electron chi connectivity index (χ2n) is 17.7. The lowest BCUT2D eigenvalue weighted by Crippen LogP contribution is -2.54. The van der Waals surface area contributed by atoms with Gasteiger partial charge in [0.1, 0.15) is 45.0 Å². The molecule has 2 heterocycles. The number of nitrogens with two attached hydrogens (primary N) is 5. The molecular weight excluding hydrogens is 939 g/mol. The molecule has 0 fully saturated rings. The second kappa shape index (κ2) is 30.0. The summed E-state index contributed by atoms with van der Waals surface area (Å²) in [6.07, 6.45) is 3.95. The van der Waals surface area contributed by atoms with Gasteiger partial charge in [0.25, 0.3) is 0 Å². The van der Waals surface area contributed by atoms with E-state index >= 15 is 0 Å². The molecule has 0 aliphatic heterocycles. The Morgan fingerprint density at radius 2 is 0.944 bits per heavy atom. The SMILES string of the molecule is CC(C)CN(CC(=O)N(CN)CC(=O)N(CN)CC(=O)O)C(=O)CN(CN)C(=O)CN(CC(C)C)C(=O)CN(CN)C(=O)CN(Cc1ccco1)C(=O)CN(CN)C(=O)CNCCc1c[nH]c2ccccc12. The van der Waals surface area contributed by atoms with Gasteiger partial charge in [-0.2, -0.15) is 0 Å². The van der Waals surface area contributed by atoms with Gasteiger partial charge in [0, 0.05) is 30.2 Å². The van der Waals surface area contributed by atoms with Gasteiger partial charge in [-0.1, -0.05) is 45.9 Å². The molecule has 26 nitrogen and oxygen atoms in total. The number of para-hydroxylation sites is 1. The monoisotopic (exact) mass is 1010 g/mol. The lowest BCUT2D eigenvalue weighted by Gasteiger charge is -2.32. The zero-order valence-electron chi connectivity index (χ0n) is 41.7. The number of rotatable bonds is 32. The van der Waals surface area contributed by atoms with Gasteiger partial charge in [-0.05, 0) is 48.6 Å². The maximum Gasteiger partial charge on any atom is 0.323 e. The molecule has 0 aliphatic carbocycles. The first kappa shape index (κ1) is 59.3. The van der Waals surface area contributed by atoms with Crippen LogP contribution < -0.4 is 34.0 Å². The van der Waals surface area contributed by atoms with E-state index in [1.54, 1.807) is 39.8 Å². The predicted octanol–water partition coefficient (Wildman–Crippen LogP) is -3.30. The Kier molecular flexibility index (Phi) is 24.8. The number of carboxylic acids is 1. The zero-order chi connectivity index (χ0) is 53.5. The Hall–Kier alpha value is -6.97. The molecule has 0 atom stereocenters. The van der Waals surface area contributed by atoms with Crippen LogP contribution in [0.15, 0.2) is 53.3 Å². The minimum Gasteiger partial charge on any atom is -0.480 e. The number of aromatic nitrogens is 1. The summed E-state index contributed by atoms with van der Waals surface area (Å²) in [5, 5.41) is 13.3. The number of aromatic amines is 1. The molecule has 398 valence electrons. The van der Waals surface area contributed by atoms with E-state index in [9.17, 15) is 43.2 Å². The third-order valence-electron chi connectivity index (χ3n) is 11.2. The lowest BCUT2D eigenvalue weighted by molar-refractivity contribution is -0.149. The highest BCUT2D eigenvalue weighted by Gasteiger charge is 2.31. The number of benzene rings is 1. The van der Waals surface area contributed by atoms with E-state index in [0.29, 0.717) is 18.7 Å². The van der Waals surface area contributed by atoms with Crippen molar-refractivity contribution in [1.29, 1.82) is 0 Å². The Balaban J connectivity index is 1.67. The quantitative estimate of drug-likeness (QED) is 0.0224. The molecule has 0 unspecified atom stereocenters. The topological polar surface area (TPSA) is 371 Å². The average molecular weight is 1010 g/mol. The molecule has 3 rings (SSSR count). The number of nitrogens with zero attached hydrogens (tertiary/aromatic N) is 8. The Morgan fingerprint density at radius 3 is 1.38 bits per heavy atom. The van der Waals surface area contributed by atoms with Crippen LogP contribution in [0.4, 0.5) is 0 Å². The summed E-state index contributed by atoms with van der Waals surface area (Å²) in [6, 6.07) is 11.1. The molecule has 2 aromatic heterocycles. The largest absolute Gasteiger partial charge is 0.480 e. The molecule has 0 radical (unpaired) electrons. The summed E-state index contributed by atoms with van der Waals surface area (Å²) in [7, 11) is 0. The number of furan rings is 1. The second-order valence-corrected chi connectivity index (χ2v) is 17.7. The van der Waals surface area contributed by atoms with Crippen molar-refractivity contribution in [2.24, 2.45) is 40.5 Å². The lowest BCUT2D eigenvalue weighted by atomic mass is 10.1. The molecule has 0 aliphatic rings. The van der Waals surface area contributed by atoms with Gasteiger partial charge in [0.2, 0.25) is 47.3 Å². The fraction of sp³-hybridized carbons (Fsp3) is 0.543. The Morgan fingerprint density at radius 1 is 0.542 bits per heavy atom. The van der Waals surface area contributed by atoms with Gasteiger partial charge in [0.05, 0.1) is 65.8 Å². The molecule has 0 bridgehead atoms. The molecule has 8 amide bonds. The third-order valence-corrected chi connectivity index (χ3v) is 11.2. The van der Waals surface area contributed by atoms with Crippen LogP contribution in [-0.2, 0) is 56.1 Å². The van der Waals surface area contributed by atoms with E-state index in [4.69, 9.17) is 38.2 Å². The number of hydrogen-bond acceptors (Lipinski definition) is 16. The van der Waals surface area contributed by atoms with Crippen molar-refractivity contribution < 1.29 is 52.7 Å². The highest BCUT2D eigenvalue weighted by molar-refractivity contribution is 5.93. The molecular formula is C46H73N15O11. The standard InChI is InChI=1S/C46H73N15O11/c1-32(2)16-54(19-42(66)58(28-48)23-39(63)55(17-33(3)4)20-43(67)60(30-50)25-45(69)61(31-51)26-46(70)71)40(64)24-59(29-49)44(68)21-56(18-35-8-7-13-72-35)41(65)22-57(27-47)38(62)15-52-12-11-34-14-53-37-10-6-5-9-36(34)37/h5-10,13-14,32-33,52-53H,11-12,15-31,47-51H2,1-4H3,(H,70,71). The van der Waals surface area contributed by atoms with E-state index in [0.717, 1.165) is 45.9 Å². The molecule has 0 saturated heterocycles. The molecule has 1 aromatic carbocycles. The molecule has 72 heavy (non-hydrogen) atoms. The smallest absolute Gasteiger partial charge is 0.323 e. The first-order valence-electron chi connectivity index (χ1n) is 23.5. The molecule has 3 aromatic rings. The number of H-pyrrole nitrogens is 1. The number of amides is 8. The maximum absolute atomic E-state index is 13.9. The number of carboxylic acid groups (broad SMARTS) is 1. The van der Waals surface area contributed by atoms with Gasteiger partial charge in [-0.15, -0.1) is 0 Å².